The van der Waals surface area contributed by atoms with Crippen molar-refractivity contribution in [1.29, 1.82) is 0 Å². The van der Waals surface area contributed by atoms with Crippen LogP contribution in [-0.4, -0.2) is 23.9 Å². The second-order valence-electron chi connectivity index (χ2n) is 12.2. The number of likely N-dealkylation sites (N-methyl/N-ethyl adjacent to an activating group) is 1. The van der Waals surface area contributed by atoms with Crippen LogP contribution in [0, 0.1) is 23.6 Å². The van der Waals surface area contributed by atoms with Gasteiger partial charge in [-0.1, -0.05) is 37.6 Å². The maximum Gasteiger partial charge on any atom is 0.248 e. The minimum Gasteiger partial charge on any atom is -0.339 e. The summed E-state index contributed by atoms with van der Waals surface area (Å²) in [4.78, 5) is 14.1. The fraction of sp³-hybridized carbons (Fsp3) is 0.667. The summed E-state index contributed by atoms with van der Waals surface area (Å²) >= 11 is 0. The Balaban J connectivity index is 1.26. The molecular weight excluding hydrogens is 445 g/mol. The number of hydrogen-bond donors (Lipinski definition) is 0. The van der Waals surface area contributed by atoms with Gasteiger partial charge in [0.2, 0.25) is 5.91 Å². The molecule has 0 aliphatic heterocycles. The molecule has 3 saturated carbocycles. The van der Waals surface area contributed by atoms with Gasteiger partial charge < -0.3 is 4.90 Å². The number of allylic oxidation sites excluding steroid dienone is 1. The summed E-state index contributed by atoms with van der Waals surface area (Å²) in [6.45, 7) is 9.44. The van der Waals surface area contributed by atoms with Gasteiger partial charge in [0.05, 0.1) is 0 Å². The lowest BCUT2D eigenvalue weighted by Gasteiger charge is -2.38. The number of halogens is 1. The Morgan fingerprint density at radius 2 is 1.53 bits per heavy atom. The third-order valence-electron chi connectivity index (χ3n) is 9.97. The van der Waals surface area contributed by atoms with Gasteiger partial charge in [-0.05, 0) is 131 Å². The number of carbonyl (C=O) groups excluding carboxylic acids is 1. The van der Waals surface area contributed by atoms with Crippen molar-refractivity contribution >= 4 is 5.91 Å². The Bertz CT molecular complexity index is 898. The van der Waals surface area contributed by atoms with Crippen LogP contribution in [0.2, 0.25) is 0 Å². The first-order valence-corrected chi connectivity index (χ1v) is 14.7. The first kappa shape index (κ1) is 27.1. The number of benzene rings is 1. The highest BCUT2D eigenvalue weighted by Gasteiger charge is 2.32. The van der Waals surface area contributed by atoms with Gasteiger partial charge in [-0.15, -0.1) is 6.58 Å². The largest absolute Gasteiger partial charge is 0.339 e. The number of hydrogen-bond acceptors (Lipinski definition) is 1. The van der Waals surface area contributed by atoms with E-state index in [-0.39, 0.29) is 23.7 Å². The van der Waals surface area contributed by atoms with E-state index in [4.69, 9.17) is 0 Å². The summed E-state index contributed by atoms with van der Waals surface area (Å²) in [7, 11) is 1.88. The zero-order chi connectivity index (χ0) is 25.7. The Morgan fingerprint density at radius 1 is 0.944 bits per heavy atom. The highest BCUT2D eigenvalue weighted by atomic mass is 19.1. The quantitative estimate of drug-likeness (QED) is 0.261. The van der Waals surface area contributed by atoms with E-state index >= 15 is 4.39 Å². The lowest BCUT2D eigenvalue weighted by atomic mass is 9.68. The van der Waals surface area contributed by atoms with E-state index in [1.165, 1.54) is 69.8 Å². The Labute approximate surface area is 219 Å². The molecule has 3 fully saturated rings. The van der Waals surface area contributed by atoms with E-state index in [9.17, 15) is 4.79 Å². The van der Waals surface area contributed by atoms with Crippen molar-refractivity contribution in [1.82, 2.24) is 4.90 Å². The second kappa shape index (κ2) is 12.6. The fourth-order valence-corrected chi connectivity index (χ4v) is 7.60. The molecule has 0 N–H and O–H groups in total. The van der Waals surface area contributed by atoms with E-state index in [0.29, 0.717) is 11.5 Å². The van der Waals surface area contributed by atoms with Crippen molar-refractivity contribution in [3.05, 3.63) is 60.0 Å². The molecule has 0 saturated heterocycles. The molecular formula is C33H48FNO. The van der Waals surface area contributed by atoms with Gasteiger partial charge in [0, 0.05) is 18.7 Å². The summed E-state index contributed by atoms with van der Waals surface area (Å²) in [6, 6.07) is 6.39. The van der Waals surface area contributed by atoms with Crippen LogP contribution in [0.15, 0.2) is 43.0 Å². The zero-order valence-electron chi connectivity index (χ0n) is 22.8. The molecule has 0 bridgehead atoms. The topological polar surface area (TPSA) is 20.3 Å². The molecule has 3 aliphatic rings. The molecule has 2 nitrogen and oxygen atoms in total. The Kier molecular flexibility index (Phi) is 9.47. The standard InChI is InChI=1S/C33H48FNO/c1-5-6-7-24-8-10-25(11-9-24)26-12-14-27(15-13-26)29-18-21-31(32(34)22-29)28-16-19-30(20-17-28)35(4)33(36)23(2)3/h5,18,21-22,24-28,30H,1-2,6-17,19-20H2,3-4H3. The summed E-state index contributed by atoms with van der Waals surface area (Å²) in [5.41, 5.74) is 2.68. The summed E-state index contributed by atoms with van der Waals surface area (Å²) in [6.07, 6.45) is 19.0. The van der Waals surface area contributed by atoms with Gasteiger partial charge in [-0.3, -0.25) is 4.79 Å². The van der Waals surface area contributed by atoms with Crippen molar-refractivity contribution in [2.24, 2.45) is 17.8 Å². The lowest BCUT2D eigenvalue weighted by molar-refractivity contribution is -0.128. The van der Waals surface area contributed by atoms with Crippen LogP contribution in [0.4, 0.5) is 4.39 Å². The monoisotopic (exact) mass is 493 g/mol. The third-order valence-corrected chi connectivity index (χ3v) is 9.97. The summed E-state index contributed by atoms with van der Waals surface area (Å²) in [5.74, 6) is 3.53. The van der Waals surface area contributed by atoms with Gasteiger partial charge in [0.1, 0.15) is 5.82 Å². The van der Waals surface area contributed by atoms with Gasteiger partial charge in [-0.2, -0.15) is 0 Å². The molecule has 3 aliphatic carbocycles. The predicted octanol–water partition coefficient (Wildman–Crippen LogP) is 8.93. The number of rotatable bonds is 8. The minimum atomic E-state index is -0.0118. The molecule has 0 heterocycles. The van der Waals surface area contributed by atoms with Crippen molar-refractivity contribution in [3.8, 4) is 0 Å². The Hall–Kier alpha value is -1.90. The van der Waals surface area contributed by atoms with E-state index in [1.54, 1.807) is 6.92 Å². The normalized spacial score (nSPS) is 31.0. The maximum atomic E-state index is 15.3. The number of nitrogens with zero attached hydrogens (tertiary/aromatic N) is 1. The minimum absolute atomic E-state index is 0.0118. The SMILES string of the molecule is C=CCCC1CCC(C2CCC(c3ccc(C4CCC(N(C)C(=O)C(=C)C)CC4)c(F)c3)CC2)CC1. The van der Waals surface area contributed by atoms with Crippen LogP contribution in [0.25, 0.3) is 0 Å². The smallest absolute Gasteiger partial charge is 0.248 e. The highest BCUT2D eigenvalue weighted by Crippen LogP contribution is 2.45. The predicted molar refractivity (Wildman–Crippen MR) is 149 cm³/mol. The van der Waals surface area contributed by atoms with Gasteiger partial charge in [-0.25, -0.2) is 4.39 Å². The van der Waals surface area contributed by atoms with E-state index in [2.05, 4.69) is 31.4 Å². The molecule has 0 atom stereocenters. The van der Waals surface area contributed by atoms with Gasteiger partial charge >= 0.3 is 0 Å². The van der Waals surface area contributed by atoms with Gasteiger partial charge in [0.25, 0.3) is 0 Å². The molecule has 4 rings (SSSR count). The van der Waals surface area contributed by atoms with Crippen LogP contribution in [0.5, 0.6) is 0 Å². The first-order valence-electron chi connectivity index (χ1n) is 14.7. The average Bonchev–Trinajstić information content (AvgIpc) is 2.91. The van der Waals surface area contributed by atoms with Crippen molar-refractivity contribution < 1.29 is 9.18 Å². The van der Waals surface area contributed by atoms with Crippen molar-refractivity contribution in [2.75, 3.05) is 7.05 Å². The molecule has 0 spiro atoms. The molecule has 1 aromatic rings. The molecule has 0 aromatic heterocycles. The van der Waals surface area contributed by atoms with Crippen LogP contribution in [0.1, 0.15) is 120 Å². The second-order valence-corrected chi connectivity index (χ2v) is 12.2. The van der Waals surface area contributed by atoms with Crippen molar-refractivity contribution in [2.45, 2.75) is 115 Å². The van der Waals surface area contributed by atoms with Crippen LogP contribution in [-0.2, 0) is 4.79 Å². The highest BCUT2D eigenvalue weighted by molar-refractivity contribution is 5.92. The zero-order valence-corrected chi connectivity index (χ0v) is 22.8. The van der Waals surface area contributed by atoms with E-state index in [1.807, 2.05) is 18.0 Å². The number of carbonyl (C=O) groups is 1. The molecule has 0 unspecified atom stereocenters. The van der Waals surface area contributed by atoms with Gasteiger partial charge in [0.15, 0.2) is 0 Å². The van der Waals surface area contributed by atoms with Crippen molar-refractivity contribution in [3.63, 3.8) is 0 Å². The fourth-order valence-electron chi connectivity index (χ4n) is 7.60. The number of amides is 1. The van der Waals surface area contributed by atoms with Crippen LogP contribution >= 0.6 is 0 Å². The molecule has 1 amide bonds. The maximum absolute atomic E-state index is 15.3. The van der Waals surface area contributed by atoms with Crippen LogP contribution < -0.4 is 0 Å². The lowest BCUT2D eigenvalue weighted by Crippen LogP contribution is -2.39. The Morgan fingerprint density at radius 3 is 2.08 bits per heavy atom. The molecule has 198 valence electrons. The molecule has 36 heavy (non-hydrogen) atoms. The average molecular weight is 494 g/mol. The third kappa shape index (κ3) is 6.50. The molecule has 0 radical (unpaired) electrons. The molecule has 3 heteroatoms. The summed E-state index contributed by atoms with van der Waals surface area (Å²) in [5, 5.41) is 0. The summed E-state index contributed by atoms with van der Waals surface area (Å²) < 4.78 is 15.3. The van der Waals surface area contributed by atoms with E-state index in [0.717, 1.165) is 49.0 Å². The molecule has 1 aromatic carbocycles. The van der Waals surface area contributed by atoms with E-state index < -0.39 is 0 Å². The van der Waals surface area contributed by atoms with Crippen LogP contribution in [0.3, 0.4) is 0 Å². The first-order chi connectivity index (χ1) is 17.4.